The van der Waals surface area contributed by atoms with Crippen LogP contribution in [0.3, 0.4) is 0 Å². The lowest BCUT2D eigenvalue weighted by Crippen LogP contribution is -2.48. The van der Waals surface area contributed by atoms with Crippen LogP contribution in [0.25, 0.3) is 10.9 Å². The van der Waals surface area contributed by atoms with Crippen molar-refractivity contribution in [1.29, 1.82) is 0 Å². The lowest BCUT2D eigenvalue weighted by Gasteiger charge is -2.26. The highest BCUT2D eigenvalue weighted by Crippen LogP contribution is 2.29. The zero-order chi connectivity index (χ0) is 12.8. The molecule has 4 nitrogen and oxygen atoms in total. The normalized spacial score (nSPS) is 28.1. The smallest absolute Gasteiger partial charge is 0.0731 e. The van der Waals surface area contributed by atoms with Gasteiger partial charge >= 0.3 is 0 Å². The lowest BCUT2D eigenvalue weighted by atomic mass is 9.87. The summed E-state index contributed by atoms with van der Waals surface area (Å²) in [7, 11) is 1.98. The molecular weight excluding hydrogens is 226 g/mol. The molecule has 1 aromatic carbocycles. The first kappa shape index (κ1) is 11.7. The molecule has 96 valence electrons. The quantitative estimate of drug-likeness (QED) is 0.874. The van der Waals surface area contributed by atoms with E-state index in [9.17, 15) is 0 Å². The monoisotopic (exact) mass is 245 g/mol. The second kappa shape index (κ2) is 4.07. The van der Waals surface area contributed by atoms with Crippen molar-refractivity contribution in [3.05, 3.63) is 30.0 Å². The van der Waals surface area contributed by atoms with Crippen molar-refractivity contribution in [2.45, 2.75) is 31.4 Å². The Bertz CT molecular complexity index is 577. The van der Waals surface area contributed by atoms with Gasteiger partial charge < -0.3 is 10.5 Å². The van der Waals surface area contributed by atoms with Crippen molar-refractivity contribution in [2.75, 3.05) is 6.61 Å². The largest absolute Gasteiger partial charge is 0.377 e. The molecule has 2 aromatic rings. The van der Waals surface area contributed by atoms with Gasteiger partial charge in [0.05, 0.1) is 17.3 Å². The van der Waals surface area contributed by atoms with E-state index in [0.717, 1.165) is 30.7 Å². The number of hydrogen-bond donors (Lipinski definition) is 1. The molecule has 3 rings (SSSR count). The maximum Gasteiger partial charge on any atom is 0.0731 e. The maximum atomic E-state index is 6.46. The third-order valence-electron chi connectivity index (χ3n) is 4.08. The second-order valence-electron chi connectivity index (χ2n) is 5.26. The Morgan fingerprint density at radius 3 is 3.00 bits per heavy atom. The molecule has 0 spiro atoms. The molecule has 2 heterocycles. The van der Waals surface area contributed by atoms with Gasteiger partial charge in [-0.05, 0) is 19.4 Å². The molecule has 4 heteroatoms. The maximum absolute atomic E-state index is 6.46. The van der Waals surface area contributed by atoms with E-state index in [1.807, 2.05) is 23.9 Å². The van der Waals surface area contributed by atoms with Crippen molar-refractivity contribution in [3.8, 4) is 0 Å². The van der Waals surface area contributed by atoms with Crippen LogP contribution < -0.4 is 5.73 Å². The van der Waals surface area contributed by atoms with E-state index < -0.39 is 0 Å². The summed E-state index contributed by atoms with van der Waals surface area (Å²) >= 11 is 0. The van der Waals surface area contributed by atoms with Crippen LogP contribution in [0.2, 0.25) is 0 Å². The number of rotatable bonds is 2. The first-order chi connectivity index (χ1) is 8.60. The average Bonchev–Trinajstić information content (AvgIpc) is 2.83. The minimum atomic E-state index is -0.281. The summed E-state index contributed by atoms with van der Waals surface area (Å²) in [6.45, 7) is 2.81. The van der Waals surface area contributed by atoms with Crippen molar-refractivity contribution >= 4 is 10.9 Å². The van der Waals surface area contributed by atoms with Gasteiger partial charge in [0.25, 0.3) is 0 Å². The summed E-state index contributed by atoms with van der Waals surface area (Å²) in [5.74, 6) is 0. The van der Waals surface area contributed by atoms with Gasteiger partial charge in [0.2, 0.25) is 0 Å². The molecule has 1 fully saturated rings. The van der Waals surface area contributed by atoms with E-state index >= 15 is 0 Å². The number of hydrogen-bond acceptors (Lipinski definition) is 3. The number of para-hydroxylation sites is 1. The fraction of sp³-hybridized carbons (Fsp3) is 0.500. The fourth-order valence-electron chi connectivity index (χ4n) is 2.76. The Hall–Kier alpha value is -1.39. The summed E-state index contributed by atoms with van der Waals surface area (Å²) in [5, 5.41) is 5.81. The van der Waals surface area contributed by atoms with Gasteiger partial charge in [-0.25, -0.2) is 0 Å². The van der Waals surface area contributed by atoms with Gasteiger partial charge in [0.1, 0.15) is 0 Å². The second-order valence-corrected chi connectivity index (χ2v) is 5.26. The van der Waals surface area contributed by atoms with E-state index in [4.69, 9.17) is 10.5 Å². The van der Waals surface area contributed by atoms with Crippen LogP contribution in [-0.2, 0) is 18.2 Å². The van der Waals surface area contributed by atoms with Crippen molar-refractivity contribution < 1.29 is 4.74 Å². The van der Waals surface area contributed by atoms with E-state index in [0.29, 0.717) is 0 Å². The molecule has 0 bridgehead atoms. The SMILES string of the molecule is CC1OCCC1(N)Cc1nn(C)c2ccccc12. The standard InChI is InChI=1S/C14H19N3O/c1-10-14(15,7-8-18-10)9-12-11-5-3-4-6-13(11)17(2)16-12/h3-6,10H,7-9,15H2,1-2H3. The van der Waals surface area contributed by atoms with Crippen molar-refractivity contribution in [1.82, 2.24) is 9.78 Å². The first-order valence-corrected chi connectivity index (χ1v) is 6.41. The Labute approximate surface area is 107 Å². The molecule has 1 aromatic heterocycles. The molecule has 0 radical (unpaired) electrons. The van der Waals surface area contributed by atoms with E-state index in [2.05, 4.69) is 24.2 Å². The summed E-state index contributed by atoms with van der Waals surface area (Å²) < 4.78 is 7.53. The van der Waals surface area contributed by atoms with E-state index in [1.54, 1.807) is 0 Å². The number of aromatic nitrogens is 2. The Morgan fingerprint density at radius 2 is 2.28 bits per heavy atom. The molecular formula is C14H19N3O. The number of nitrogens with zero attached hydrogens (tertiary/aromatic N) is 2. The minimum absolute atomic E-state index is 0.0956. The molecule has 2 unspecified atom stereocenters. The Balaban J connectivity index is 2.00. The van der Waals surface area contributed by atoms with Crippen LogP contribution in [0.5, 0.6) is 0 Å². The number of nitrogens with two attached hydrogens (primary N) is 1. The number of benzene rings is 1. The van der Waals surface area contributed by atoms with Crippen LogP contribution in [0, 0.1) is 0 Å². The predicted molar refractivity (Wildman–Crippen MR) is 71.4 cm³/mol. The van der Waals surface area contributed by atoms with Gasteiger partial charge in [-0.15, -0.1) is 0 Å². The molecule has 18 heavy (non-hydrogen) atoms. The number of fused-ring (bicyclic) bond motifs is 1. The van der Waals surface area contributed by atoms with Gasteiger partial charge in [0, 0.05) is 31.0 Å². The Kier molecular flexibility index (Phi) is 2.64. The molecule has 0 amide bonds. The molecule has 1 saturated heterocycles. The molecule has 2 N–H and O–H groups in total. The number of ether oxygens (including phenoxy) is 1. The molecule has 1 aliphatic heterocycles. The zero-order valence-electron chi connectivity index (χ0n) is 10.9. The minimum Gasteiger partial charge on any atom is -0.377 e. The lowest BCUT2D eigenvalue weighted by molar-refractivity contribution is 0.0953. The van der Waals surface area contributed by atoms with E-state index in [-0.39, 0.29) is 11.6 Å². The number of aryl methyl sites for hydroxylation is 1. The van der Waals surface area contributed by atoms with Crippen LogP contribution in [0.1, 0.15) is 19.0 Å². The summed E-state index contributed by atoms with van der Waals surface area (Å²) in [4.78, 5) is 0. The molecule has 0 aliphatic carbocycles. The van der Waals surface area contributed by atoms with Gasteiger partial charge in [-0.1, -0.05) is 18.2 Å². The highest BCUT2D eigenvalue weighted by Gasteiger charge is 2.38. The third kappa shape index (κ3) is 1.72. The first-order valence-electron chi connectivity index (χ1n) is 6.41. The van der Waals surface area contributed by atoms with Crippen LogP contribution in [0.4, 0.5) is 0 Å². The van der Waals surface area contributed by atoms with Gasteiger partial charge in [0.15, 0.2) is 0 Å². The molecule has 2 atom stereocenters. The summed E-state index contributed by atoms with van der Waals surface area (Å²) in [5.41, 5.74) is 8.41. The topological polar surface area (TPSA) is 53.1 Å². The van der Waals surface area contributed by atoms with Crippen LogP contribution in [-0.4, -0.2) is 28.0 Å². The van der Waals surface area contributed by atoms with E-state index in [1.165, 1.54) is 5.39 Å². The third-order valence-corrected chi connectivity index (χ3v) is 4.08. The average molecular weight is 245 g/mol. The Morgan fingerprint density at radius 1 is 1.50 bits per heavy atom. The van der Waals surface area contributed by atoms with Gasteiger partial charge in [-0.2, -0.15) is 5.10 Å². The summed E-state index contributed by atoms with van der Waals surface area (Å²) in [6, 6.07) is 8.28. The van der Waals surface area contributed by atoms with Crippen LogP contribution in [0.15, 0.2) is 24.3 Å². The highest BCUT2D eigenvalue weighted by atomic mass is 16.5. The van der Waals surface area contributed by atoms with Gasteiger partial charge in [-0.3, -0.25) is 4.68 Å². The molecule has 1 aliphatic rings. The molecule has 0 saturated carbocycles. The summed E-state index contributed by atoms with van der Waals surface area (Å²) in [6.07, 6.45) is 1.77. The fourth-order valence-corrected chi connectivity index (χ4v) is 2.76. The highest BCUT2D eigenvalue weighted by molar-refractivity contribution is 5.82. The predicted octanol–water partition coefficient (Wildman–Crippen LogP) is 1.62. The van der Waals surface area contributed by atoms with Crippen molar-refractivity contribution in [2.24, 2.45) is 12.8 Å². The zero-order valence-corrected chi connectivity index (χ0v) is 10.9. The van der Waals surface area contributed by atoms with Crippen molar-refractivity contribution in [3.63, 3.8) is 0 Å². The van der Waals surface area contributed by atoms with Crippen LogP contribution >= 0.6 is 0 Å².